The molecule has 0 unspecified atom stereocenters. The maximum atomic E-state index is 5.32. The Morgan fingerprint density at radius 1 is 1.31 bits per heavy atom. The molecule has 2 nitrogen and oxygen atoms in total. The van der Waals surface area contributed by atoms with Gasteiger partial charge in [0.1, 0.15) is 0 Å². The number of nitrogens with one attached hydrogen (secondary N) is 1. The van der Waals surface area contributed by atoms with E-state index < -0.39 is 0 Å². The molecule has 0 aliphatic carbocycles. The molecule has 2 aliphatic rings. The third kappa shape index (κ3) is 3.29. The van der Waals surface area contributed by atoms with Crippen molar-refractivity contribution in [2.45, 2.75) is 19.3 Å². The van der Waals surface area contributed by atoms with Gasteiger partial charge in [-0.2, -0.15) is 0 Å². The Balaban J connectivity index is 0.000000845. The highest BCUT2D eigenvalue weighted by molar-refractivity contribution is 5.85. The number of rotatable bonds is 1. The van der Waals surface area contributed by atoms with Crippen molar-refractivity contribution in [2.24, 2.45) is 5.92 Å². The van der Waals surface area contributed by atoms with Crippen LogP contribution >= 0.6 is 12.4 Å². The second-order valence-electron chi connectivity index (χ2n) is 3.70. The van der Waals surface area contributed by atoms with Gasteiger partial charge in [-0.1, -0.05) is 11.6 Å². The maximum Gasteiger partial charge on any atom is 0.0471 e. The van der Waals surface area contributed by atoms with Gasteiger partial charge in [0.25, 0.3) is 0 Å². The molecule has 0 spiro atoms. The van der Waals surface area contributed by atoms with E-state index in [1.165, 1.54) is 25.8 Å². The van der Waals surface area contributed by atoms with Crippen molar-refractivity contribution in [1.82, 2.24) is 5.32 Å². The topological polar surface area (TPSA) is 21.3 Å². The van der Waals surface area contributed by atoms with Crippen LogP contribution in [0.3, 0.4) is 0 Å². The average molecular weight is 204 g/mol. The monoisotopic (exact) mass is 203 g/mol. The van der Waals surface area contributed by atoms with Crippen LogP contribution in [0.25, 0.3) is 0 Å². The summed E-state index contributed by atoms with van der Waals surface area (Å²) < 4.78 is 5.32. The minimum atomic E-state index is 0. The Labute approximate surface area is 86.1 Å². The predicted octanol–water partition coefficient (Wildman–Crippen LogP) is 1.75. The van der Waals surface area contributed by atoms with Crippen molar-refractivity contribution in [3.05, 3.63) is 11.6 Å². The number of halogens is 1. The van der Waals surface area contributed by atoms with Crippen LogP contribution in [0.4, 0.5) is 0 Å². The van der Waals surface area contributed by atoms with Gasteiger partial charge in [-0.05, 0) is 31.7 Å². The number of ether oxygens (including phenoxy) is 1. The van der Waals surface area contributed by atoms with Crippen LogP contribution in [0.2, 0.25) is 0 Å². The highest BCUT2D eigenvalue weighted by Crippen LogP contribution is 2.19. The van der Waals surface area contributed by atoms with Crippen LogP contribution in [0.5, 0.6) is 0 Å². The zero-order valence-electron chi connectivity index (χ0n) is 7.92. The normalized spacial score (nSPS) is 27.5. The predicted molar refractivity (Wildman–Crippen MR) is 56.4 cm³/mol. The van der Waals surface area contributed by atoms with Crippen molar-refractivity contribution in [3.8, 4) is 0 Å². The largest absolute Gasteiger partial charge is 0.381 e. The average Bonchev–Trinajstić information content (AvgIpc) is 2.59. The first kappa shape index (κ1) is 11.0. The van der Waals surface area contributed by atoms with E-state index >= 15 is 0 Å². The molecule has 13 heavy (non-hydrogen) atoms. The van der Waals surface area contributed by atoms with Gasteiger partial charge in [-0.15, -0.1) is 12.4 Å². The fourth-order valence-electron chi connectivity index (χ4n) is 1.94. The molecule has 2 fully saturated rings. The molecule has 0 saturated carbocycles. The van der Waals surface area contributed by atoms with E-state index in [2.05, 4.69) is 11.4 Å². The van der Waals surface area contributed by atoms with Crippen LogP contribution < -0.4 is 5.32 Å². The lowest BCUT2D eigenvalue weighted by Gasteiger charge is -2.19. The standard InChI is InChI=1S/C10H17NO.ClH/c1-4-11-8-10(1)7-9-2-5-12-6-3-9;/h7,9,11H,1-6,8H2;1H/b10-7-;. The van der Waals surface area contributed by atoms with Gasteiger partial charge >= 0.3 is 0 Å². The van der Waals surface area contributed by atoms with Crippen LogP contribution in [0, 0.1) is 5.92 Å². The molecule has 2 aliphatic heterocycles. The third-order valence-corrected chi connectivity index (χ3v) is 2.71. The molecule has 0 radical (unpaired) electrons. The minimum absolute atomic E-state index is 0. The van der Waals surface area contributed by atoms with E-state index in [0.29, 0.717) is 0 Å². The smallest absolute Gasteiger partial charge is 0.0471 e. The van der Waals surface area contributed by atoms with E-state index in [1.807, 2.05) is 0 Å². The lowest BCUT2D eigenvalue weighted by atomic mass is 9.97. The summed E-state index contributed by atoms with van der Waals surface area (Å²) >= 11 is 0. The molecule has 0 aromatic heterocycles. The minimum Gasteiger partial charge on any atom is -0.381 e. The molecular weight excluding hydrogens is 186 g/mol. The molecule has 0 aromatic carbocycles. The Kier molecular flexibility index (Phi) is 4.78. The summed E-state index contributed by atoms with van der Waals surface area (Å²) in [5.41, 5.74) is 1.61. The van der Waals surface area contributed by atoms with Gasteiger partial charge in [-0.3, -0.25) is 0 Å². The SMILES string of the molecule is C(=C1\CCNC1)/C1CCOCC1.Cl. The van der Waals surface area contributed by atoms with Crippen molar-refractivity contribution in [2.75, 3.05) is 26.3 Å². The molecule has 2 heterocycles. The molecule has 76 valence electrons. The first-order valence-electron chi connectivity index (χ1n) is 4.93. The summed E-state index contributed by atoms with van der Waals surface area (Å²) in [7, 11) is 0. The Morgan fingerprint density at radius 2 is 2.08 bits per heavy atom. The van der Waals surface area contributed by atoms with Crippen molar-refractivity contribution < 1.29 is 4.74 Å². The molecule has 0 amide bonds. The lowest BCUT2D eigenvalue weighted by molar-refractivity contribution is 0.0783. The first-order chi connectivity index (χ1) is 5.95. The van der Waals surface area contributed by atoms with E-state index in [9.17, 15) is 0 Å². The summed E-state index contributed by atoms with van der Waals surface area (Å²) in [6, 6.07) is 0. The molecule has 1 N–H and O–H groups in total. The molecule has 3 heteroatoms. The van der Waals surface area contributed by atoms with Gasteiger partial charge in [0.2, 0.25) is 0 Å². The first-order valence-corrected chi connectivity index (χ1v) is 4.93. The molecular formula is C10H18ClNO. The van der Waals surface area contributed by atoms with Gasteiger partial charge in [0, 0.05) is 19.8 Å². The Hall–Kier alpha value is -0.0500. The van der Waals surface area contributed by atoms with E-state index in [0.717, 1.165) is 25.7 Å². The van der Waals surface area contributed by atoms with E-state index in [4.69, 9.17) is 4.74 Å². The fourth-order valence-corrected chi connectivity index (χ4v) is 1.94. The van der Waals surface area contributed by atoms with Crippen LogP contribution in [0.1, 0.15) is 19.3 Å². The van der Waals surface area contributed by atoms with Crippen LogP contribution in [0.15, 0.2) is 11.6 Å². The number of hydrogen-bond acceptors (Lipinski definition) is 2. The summed E-state index contributed by atoms with van der Waals surface area (Å²) in [4.78, 5) is 0. The van der Waals surface area contributed by atoms with Crippen molar-refractivity contribution in [3.63, 3.8) is 0 Å². The third-order valence-electron chi connectivity index (χ3n) is 2.71. The van der Waals surface area contributed by atoms with Gasteiger partial charge in [0.15, 0.2) is 0 Å². The van der Waals surface area contributed by atoms with Crippen molar-refractivity contribution >= 4 is 12.4 Å². The summed E-state index contributed by atoms with van der Waals surface area (Å²) in [6.07, 6.45) is 6.19. The van der Waals surface area contributed by atoms with Gasteiger partial charge in [0.05, 0.1) is 0 Å². The highest BCUT2D eigenvalue weighted by atomic mass is 35.5. The van der Waals surface area contributed by atoms with Gasteiger partial charge in [-0.25, -0.2) is 0 Å². The summed E-state index contributed by atoms with van der Waals surface area (Å²) in [5, 5.41) is 3.36. The Bertz CT molecular complexity index is 168. The maximum absolute atomic E-state index is 5.32. The molecule has 2 saturated heterocycles. The van der Waals surface area contributed by atoms with Crippen molar-refractivity contribution in [1.29, 1.82) is 0 Å². The summed E-state index contributed by atoms with van der Waals surface area (Å²) in [5.74, 6) is 0.800. The van der Waals surface area contributed by atoms with Gasteiger partial charge < -0.3 is 10.1 Å². The molecule has 0 aromatic rings. The summed E-state index contributed by atoms with van der Waals surface area (Å²) in [6.45, 7) is 4.22. The van der Waals surface area contributed by atoms with E-state index in [-0.39, 0.29) is 12.4 Å². The zero-order chi connectivity index (χ0) is 8.23. The van der Waals surface area contributed by atoms with Crippen LogP contribution in [-0.2, 0) is 4.74 Å². The second-order valence-corrected chi connectivity index (χ2v) is 3.70. The Morgan fingerprint density at radius 3 is 2.69 bits per heavy atom. The number of allylic oxidation sites excluding steroid dienone is 1. The fraction of sp³-hybridized carbons (Fsp3) is 0.800. The number of hydrogen-bond donors (Lipinski definition) is 1. The lowest BCUT2D eigenvalue weighted by Crippen LogP contribution is -2.14. The molecule has 0 bridgehead atoms. The second kappa shape index (κ2) is 5.63. The zero-order valence-corrected chi connectivity index (χ0v) is 8.74. The molecule has 0 atom stereocenters. The highest BCUT2D eigenvalue weighted by Gasteiger charge is 2.13. The van der Waals surface area contributed by atoms with Crippen LogP contribution in [-0.4, -0.2) is 26.3 Å². The quantitative estimate of drug-likeness (QED) is 0.656. The van der Waals surface area contributed by atoms with E-state index in [1.54, 1.807) is 5.57 Å². The molecule has 2 rings (SSSR count).